The molecule has 2 rings (SSSR count). The molecule has 1 saturated heterocycles. The van der Waals surface area contributed by atoms with Crippen molar-refractivity contribution in [3.8, 4) is 0 Å². The average molecular weight is 288 g/mol. The van der Waals surface area contributed by atoms with Crippen LogP contribution in [-0.4, -0.2) is 32.1 Å². The van der Waals surface area contributed by atoms with Gasteiger partial charge in [0.15, 0.2) is 0 Å². The van der Waals surface area contributed by atoms with Crippen molar-refractivity contribution in [2.75, 3.05) is 19.3 Å². The molecule has 1 aliphatic heterocycles. The Hall–Kier alpha value is -0.430. The number of thiophene rings is 1. The molecule has 0 spiro atoms. The molecule has 2 N–H and O–H groups in total. The monoisotopic (exact) mass is 288 g/mol. The Morgan fingerprint density at radius 2 is 2.39 bits per heavy atom. The van der Waals surface area contributed by atoms with E-state index in [1.807, 2.05) is 17.5 Å². The fourth-order valence-electron chi connectivity index (χ4n) is 2.50. The first kappa shape index (κ1) is 14.0. The molecule has 6 heteroatoms. The summed E-state index contributed by atoms with van der Waals surface area (Å²) in [5.74, 6) is 0.380. The summed E-state index contributed by atoms with van der Waals surface area (Å²) in [6.07, 6.45) is 4.17. The van der Waals surface area contributed by atoms with Crippen molar-refractivity contribution in [1.29, 1.82) is 0 Å². The molecule has 1 aromatic rings. The lowest BCUT2D eigenvalue weighted by Gasteiger charge is -2.32. The number of piperidine rings is 1. The van der Waals surface area contributed by atoms with Gasteiger partial charge in [-0.25, -0.2) is 12.7 Å². The number of sulfonamides is 1. The van der Waals surface area contributed by atoms with Crippen molar-refractivity contribution in [1.82, 2.24) is 4.31 Å². The minimum Gasteiger partial charge on any atom is -0.323 e. The third-order valence-corrected chi connectivity index (χ3v) is 5.72. The van der Waals surface area contributed by atoms with E-state index < -0.39 is 10.0 Å². The third-order valence-electron chi connectivity index (χ3n) is 3.45. The zero-order valence-corrected chi connectivity index (χ0v) is 12.2. The van der Waals surface area contributed by atoms with Crippen LogP contribution in [0.5, 0.6) is 0 Å². The maximum Gasteiger partial charge on any atom is 0.211 e. The number of hydrogen-bond acceptors (Lipinski definition) is 4. The van der Waals surface area contributed by atoms with Gasteiger partial charge >= 0.3 is 0 Å². The minimum atomic E-state index is -3.05. The van der Waals surface area contributed by atoms with Crippen LogP contribution < -0.4 is 5.73 Å². The predicted octanol–water partition coefficient (Wildman–Crippen LogP) is 1.81. The Bertz CT molecular complexity index is 470. The van der Waals surface area contributed by atoms with Gasteiger partial charge < -0.3 is 5.73 Å². The van der Waals surface area contributed by atoms with Crippen molar-refractivity contribution in [3.05, 3.63) is 22.4 Å². The molecule has 1 aromatic heterocycles. The van der Waals surface area contributed by atoms with E-state index >= 15 is 0 Å². The fourth-order valence-corrected chi connectivity index (χ4v) is 4.18. The van der Waals surface area contributed by atoms with Crippen LogP contribution >= 0.6 is 11.3 Å². The fraction of sp³-hybridized carbons (Fsp3) is 0.667. The third kappa shape index (κ3) is 3.54. The molecule has 2 unspecified atom stereocenters. The smallest absolute Gasteiger partial charge is 0.211 e. The van der Waals surface area contributed by atoms with Crippen LogP contribution in [-0.2, 0) is 10.0 Å². The first-order chi connectivity index (χ1) is 8.47. The number of hydrogen-bond donors (Lipinski definition) is 1. The maximum absolute atomic E-state index is 11.5. The lowest BCUT2D eigenvalue weighted by molar-refractivity contribution is 0.247. The topological polar surface area (TPSA) is 63.4 Å². The molecule has 2 heterocycles. The van der Waals surface area contributed by atoms with Gasteiger partial charge in [0.05, 0.1) is 6.26 Å². The molecule has 2 atom stereocenters. The maximum atomic E-state index is 11.5. The number of nitrogens with zero attached hydrogens (tertiary/aromatic N) is 1. The van der Waals surface area contributed by atoms with Gasteiger partial charge in [-0.1, -0.05) is 6.07 Å². The second-order valence-electron chi connectivity index (χ2n) is 4.99. The Morgan fingerprint density at radius 3 is 3.00 bits per heavy atom. The van der Waals surface area contributed by atoms with Gasteiger partial charge in [0.25, 0.3) is 0 Å². The molecule has 4 nitrogen and oxygen atoms in total. The number of nitrogens with two attached hydrogens (primary N) is 1. The Kier molecular flexibility index (Phi) is 4.42. The van der Waals surface area contributed by atoms with Crippen LogP contribution in [0, 0.1) is 5.92 Å². The first-order valence-electron chi connectivity index (χ1n) is 6.21. The van der Waals surface area contributed by atoms with Crippen LogP contribution in [0.15, 0.2) is 17.5 Å². The summed E-state index contributed by atoms with van der Waals surface area (Å²) in [7, 11) is -3.05. The minimum absolute atomic E-state index is 0.0366. The zero-order chi connectivity index (χ0) is 13.2. The highest BCUT2D eigenvalue weighted by Gasteiger charge is 2.27. The van der Waals surface area contributed by atoms with Crippen molar-refractivity contribution in [2.24, 2.45) is 11.7 Å². The summed E-state index contributed by atoms with van der Waals surface area (Å²) in [6, 6.07) is 4.09. The van der Waals surface area contributed by atoms with Crippen molar-refractivity contribution in [3.63, 3.8) is 0 Å². The Labute approximate surface area is 113 Å². The van der Waals surface area contributed by atoms with E-state index in [2.05, 4.69) is 0 Å². The van der Waals surface area contributed by atoms with Gasteiger partial charge in [0.1, 0.15) is 0 Å². The van der Waals surface area contributed by atoms with Crippen molar-refractivity contribution >= 4 is 21.4 Å². The lowest BCUT2D eigenvalue weighted by Crippen LogP contribution is -2.40. The molecule has 1 fully saturated rings. The highest BCUT2D eigenvalue weighted by atomic mass is 32.2. The SMILES string of the molecule is CS(=O)(=O)N1CCCC(CC(N)c2cccs2)C1. The summed E-state index contributed by atoms with van der Waals surface area (Å²) >= 11 is 1.67. The number of rotatable bonds is 4. The van der Waals surface area contributed by atoms with Crippen LogP contribution in [0.3, 0.4) is 0 Å². The lowest BCUT2D eigenvalue weighted by atomic mass is 9.92. The Morgan fingerprint density at radius 1 is 1.61 bits per heavy atom. The van der Waals surface area contributed by atoms with Gasteiger partial charge in [-0.2, -0.15) is 0 Å². The standard InChI is InChI=1S/C12H20N2O2S2/c1-18(15,16)14-6-2-4-10(9-14)8-11(13)12-5-3-7-17-12/h3,5,7,10-11H,2,4,6,8-9,13H2,1H3. The summed E-state index contributed by atoms with van der Waals surface area (Å²) in [5, 5.41) is 2.03. The van der Waals surface area contributed by atoms with E-state index in [9.17, 15) is 8.42 Å². The molecule has 0 bridgehead atoms. The molecular formula is C12H20N2O2S2. The van der Waals surface area contributed by atoms with Gasteiger partial charge in [-0.15, -0.1) is 11.3 Å². The molecule has 0 aliphatic carbocycles. The van der Waals surface area contributed by atoms with Gasteiger partial charge in [-0.05, 0) is 36.6 Å². The summed E-state index contributed by atoms with van der Waals surface area (Å²) in [5.41, 5.74) is 6.17. The van der Waals surface area contributed by atoms with E-state index in [-0.39, 0.29) is 6.04 Å². The van der Waals surface area contributed by atoms with Crippen LogP contribution in [0.25, 0.3) is 0 Å². The largest absolute Gasteiger partial charge is 0.323 e. The molecule has 0 radical (unpaired) electrons. The summed E-state index contributed by atoms with van der Waals surface area (Å²) < 4.78 is 24.7. The summed E-state index contributed by atoms with van der Waals surface area (Å²) in [6.45, 7) is 1.28. The Balaban J connectivity index is 1.94. The van der Waals surface area contributed by atoms with E-state index in [0.29, 0.717) is 19.0 Å². The first-order valence-corrected chi connectivity index (χ1v) is 8.93. The van der Waals surface area contributed by atoms with Crippen molar-refractivity contribution < 1.29 is 8.42 Å². The molecule has 18 heavy (non-hydrogen) atoms. The molecule has 0 saturated carbocycles. The van der Waals surface area contributed by atoms with Gasteiger partial charge in [0, 0.05) is 24.0 Å². The van der Waals surface area contributed by atoms with Crippen LogP contribution in [0.2, 0.25) is 0 Å². The quantitative estimate of drug-likeness (QED) is 0.919. The highest BCUT2D eigenvalue weighted by Crippen LogP contribution is 2.28. The predicted molar refractivity (Wildman–Crippen MR) is 75.0 cm³/mol. The average Bonchev–Trinajstić information content (AvgIpc) is 2.81. The molecule has 1 aliphatic rings. The normalized spacial score (nSPS) is 24.0. The molecule has 0 aromatic carbocycles. The van der Waals surface area contributed by atoms with Gasteiger partial charge in [-0.3, -0.25) is 0 Å². The second-order valence-corrected chi connectivity index (χ2v) is 7.95. The van der Waals surface area contributed by atoms with Crippen LogP contribution in [0.1, 0.15) is 30.2 Å². The van der Waals surface area contributed by atoms with Gasteiger partial charge in [0.2, 0.25) is 10.0 Å². The second kappa shape index (κ2) is 5.69. The van der Waals surface area contributed by atoms with E-state index in [4.69, 9.17) is 5.73 Å². The highest BCUT2D eigenvalue weighted by molar-refractivity contribution is 7.88. The van der Waals surface area contributed by atoms with Crippen molar-refractivity contribution in [2.45, 2.75) is 25.3 Å². The zero-order valence-electron chi connectivity index (χ0n) is 10.6. The van der Waals surface area contributed by atoms with Crippen LogP contribution in [0.4, 0.5) is 0 Å². The molecule has 102 valence electrons. The van der Waals surface area contributed by atoms with E-state index in [0.717, 1.165) is 19.3 Å². The van der Waals surface area contributed by atoms with E-state index in [1.54, 1.807) is 15.6 Å². The summed E-state index contributed by atoms with van der Waals surface area (Å²) in [4.78, 5) is 1.19. The molecular weight excluding hydrogens is 268 g/mol. The molecule has 0 amide bonds. The van der Waals surface area contributed by atoms with E-state index in [1.165, 1.54) is 11.1 Å².